The minimum Gasteiger partial charge on any atom is -0.449 e. The number of nitrogens with one attached hydrogen (secondary N) is 1. The SMILES string of the molecule is CCc1cc[n+](CCCCCCOC(=O)Nc2ccc(N=C=O)cc2)cc1.O=S(=O)([N-]S(=O)(=O)C(F)(F)F)C(F)(F)F. The van der Waals surface area contributed by atoms with Gasteiger partial charge in [0.2, 0.25) is 6.08 Å². The van der Waals surface area contributed by atoms with Gasteiger partial charge in [-0.2, -0.15) is 31.3 Å². The number of anilines is 1. The zero-order valence-electron chi connectivity index (χ0n) is 21.9. The molecule has 42 heavy (non-hydrogen) atoms. The smallest absolute Gasteiger partial charge is 0.449 e. The van der Waals surface area contributed by atoms with Crippen LogP contribution in [0, 0.1) is 0 Å². The first-order chi connectivity index (χ1) is 19.4. The van der Waals surface area contributed by atoms with Gasteiger partial charge in [-0.1, -0.05) is 6.92 Å². The second kappa shape index (κ2) is 16.2. The van der Waals surface area contributed by atoms with Gasteiger partial charge >= 0.3 is 17.1 Å². The first kappa shape index (κ1) is 36.5. The molecule has 0 aliphatic carbocycles. The lowest BCUT2D eigenvalue weighted by molar-refractivity contribution is -0.697. The number of unbranched alkanes of at least 4 members (excludes halogenated alkanes) is 3. The van der Waals surface area contributed by atoms with Crippen molar-refractivity contribution in [1.29, 1.82) is 0 Å². The van der Waals surface area contributed by atoms with Gasteiger partial charge in [-0.05, 0) is 55.5 Å². The first-order valence-electron chi connectivity index (χ1n) is 11.9. The summed E-state index contributed by atoms with van der Waals surface area (Å²) in [5.74, 6) is 0. The van der Waals surface area contributed by atoms with Crippen molar-refractivity contribution in [2.75, 3.05) is 11.9 Å². The Labute approximate surface area is 237 Å². The van der Waals surface area contributed by atoms with Crippen LogP contribution in [0.2, 0.25) is 0 Å². The highest BCUT2D eigenvalue weighted by molar-refractivity contribution is 8.13. The van der Waals surface area contributed by atoms with E-state index in [4.69, 9.17) is 4.74 Å². The minimum absolute atomic E-state index is 0.400. The van der Waals surface area contributed by atoms with E-state index < -0.39 is 37.2 Å². The summed E-state index contributed by atoms with van der Waals surface area (Å²) in [6.07, 6.45) is 10.4. The monoisotopic (exact) mass is 648 g/mol. The maximum absolute atomic E-state index is 11.7. The van der Waals surface area contributed by atoms with Crippen LogP contribution in [-0.2, 0) is 42.5 Å². The molecule has 11 nitrogen and oxygen atoms in total. The number of nitrogens with zero attached hydrogens (tertiary/aromatic N) is 3. The van der Waals surface area contributed by atoms with Gasteiger partial charge < -0.3 is 8.86 Å². The second-order valence-electron chi connectivity index (χ2n) is 8.14. The van der Waals surface area contributed by atoms with Crippen LogP contribution in [-0.4, -0.2) is 46.6 Å². The highest BCUT2D eigenvalue weighted by Gasteiger charge is 2.46. The molecule has 0 spiro atoms. The van der Waals surface area contributed by atoms with E-state index in [-0.39, 0.29) is 0 Å². The Hall–Kier alpha value is -3.54. The van der Waals surface area contributed by atoms with Crippen molar-refractivity contribution in [3.63, 3.8) is 0 Å². The molecule has 0 bridgehead atoms. The molecule has 1 amide bonds. The number of benzene rings is 1. The van der Waals surface area contributed by atoms with Gasteiger partial charge in [0.25, 0.3) is 0 Å². The Morgan fingerprint density at radius 3 is 1.90 bits per heavy atom. The molecule has 0 atom stereocenters. The van der Waals surface area contributed by atoms with Crippen LogP contribution in [0.1, 0.15) is 38.2 Å². The topological polar surface area (TPSA) is 154 Å². The third-order valence-corrected chi connectivity index (χ3v) is 7.72. The maximum Gasteiger partial charge on any atom is 0.480 e. The van der Waals surface area contributed by atoms with Crippen molar-refractivity contribution in [1.82, 2.24) is 0 Å². The van der Waals surface area contributed by atoms with Crippen molar-refractivity contribution >= 4 is 43.6 Å². The molecule has 1 aromatic heterocycles. The van der Waals surface area contributed by atoms with Crippen molar-refractivity contribution in [2.45, 2.75) is 56.6 Å². The number of aryl methyl sites for hydroxylation is 2. The first-order valence-corrected chi connectivity index (χ1v) is 14.8. The number of aliphatic imine (C=N–C) groups is 1. The van der Waals surface area contributed by atoms with E-state index in [0.717, 1.165) is 42.8 Å². The number of hydrogen-bond donors (Lipinski definition) is 1. The van der Waals surface area contributed by atoms with Gasteiger partial charge in [0.15, 0.2) is 32.4 Å². The highest BCUT2D eigenvalue weighted by atomic mass is 32.3. The molecule has 0 aliphatic heterocycles. The van der Waals surface area contributed by atoms with Crippen molar-refractivity contribution in [3.05, 3.63) is 58.5 Å². The molecule has 0 saturated carbocycles. The van der Waals surface area contributed by atoms with E-state index >= 15 is 0 Å². The quantitative estimate of drug-likeness (QED) is 0.107. The van der Waals surface area contributed by atoms with Crippen molar-refractivity contribution in [2.24, 2.45) is 4.99 Å². The summed E-state index contributed by atoms with van der Waals surface area (Å²) >= 11 is 0. The Bertz CT molecular complexity index is 1370. The summed E-state index contributed by atoms with van der Waals surface area (Å²) in [4.78, 5) is 25.4. The summed E-state index contributed by atoms with van der Waals surface area (Å²) in [5, 5.41) is 2.64. The number of alkyl halides is 6. The van der Waals surface area contributed by atoms with Crippen LogP contribution in [0.3, 0.4) is 0 Å². The zero-order valence-corrected chi connectivity index (χ0v) is 23.5. The molecule has 0 saturated heterocycles. The number of halogens is 6. The molecule has 1 heterocycles. The molecule has 19 heteroatoms. The minimum atomic E-state index is -6.72. The molecule has 2 rings (SSSR count). The molecular formula is C23H26F6N4O7S2. The van der Waals surface area contributed by atoms with Crippen LogP contribution < -0.4 is 9.88 Å². The van der Waals surface area contributed by atoms with Crippen LogP contribution in [0.25, 0.3) is 4.13 Å². The number of sulfonamides is 2. The highest BCUT2D eigenvalue weighted by Crippen LogP contribution is 2.36. The molecule has 0 aliphatic rings. The van der Waals surface area contributed by atoms with Crippen LogP contribution in [0.4, 0.5) is 42.5 Å². The molecule has 0 unspecified atom stereocenters. The zero-order chi connectivity index (χ0) is 32.0. The fourth-order valence-electron chi connectivity index (χ4n) is 2.83. The van der Waals surface area contributed by atoms with E-state index in [2.05, 4.69) is 46.3 Å². The Balaban J connectivity index is 0.000000501. The van der Waals surface area contributed by atoms with Gasteiger partial charge in [-0.3, -0.25) is 5.32 Å². The molecule has 2 aromatic rings. The lowest BCUT2D eigenvalue weighted by Gasteiger charge is -2.22. The molecular weight excluding hydrogens is 622 g/mol. The van der Waals surface area contributed by atoms with Gasteiger partial charge in [-0.25, -0.2) is 31.0 Å². The largest absolute Gasteiger partial charge is 0.480 e. The third kappa shape index (κ3) is 13.0. The molecule has 0 fully saturated rings. The standard InChI is InChI=1S/C21H25N3O3.C2F6NO4S2/c1-2-18-11-14-24(15-12-18)13-5-3-4-6-16-27-21(26)23-20-9-7-19(8-10-20)22-17-25;3-1(4,5)14(10,11)9-15(12,13)2(6,7)8/h7-12,14-15H,2-6,13,16H2,1H3;/q;-1/p+1. The predicted octanol–water partition coefficient (Wildman–Crippen LogP) is 5.37. The summed E-state index contributed by atoms with van der Waals surface area (Å²) in [6, 6.07) is 10.9. The summed E-state index contributed by atoms with van der Waals surface area (Å²) in [6.45, 7) is 3.57. The number of ether oxygens (including phenoxy) is 1. The van der Waals surface area contributed by atoms with Gasteiger partial charge in [0.1, 0.15) is 6.54 Å². The third-order valence-electron chi connectivity index (χ3n) is 4.98. The normalized spacial score (nSPS) is 12.0. The molecule has 1 N–H and O–H groups in total. The van der Waals surface area contributed by atoms with Crippen molar-refractivity contribution < 1.29 is 62.1 Å². The van der Waals surface area contributed by atoms with Gasteiger partial charge in [-0.15, -0.1) is 0 Å². The average molecular weight is 649 g/mol. The molecule has 0 radical (unpaired) electrons. The van der Waals surface area contributed by atoms with Gasteiger partial charge in [0.05, 0.1) is 12.3 Å². The lowest BCUT2D eigenvalue weighted by Crippen LogP contribution is -2.32. The van der Waals surface area contributed by atoms with Crippen LogP contribution in [0.5, 0.6) is 0 Å². The van der Waals surface area contributed by atoms with Crippen LogP contribution >= 0.6 is 0 Å². The number of rotatable bonds is 12. The number of hydrogen-bond acceptors (Lipinski definition) is 8. The fourth-order valence-corrected chi connectivity index (χ4v) is 4.54. The van der Waals surface area contributed by atoms with Crippen molar-refractivity contribution in [3.8, 4) is 0 Å². The lowest BCUT2D eigenvalue weighted by atomic mass is 10.2. The van der Waals surface area contributed by atoms with Gasteiger partial charge in [0, 0.05) is 24.2 Å². The second-order valence-corrected chi connectivity index (χ2v) is 11.6. The Morgan fingerprint density at radius 2 is 1.43 bits per heavy atom. The summed E-state index contributed by atoms with van der Waals surface area (Å²) < 4.78 is 117. The Morgan fingerprint density at radius 1 is 0.905 bits per heavy atom. The predicted molar refractivity (Wildman–Crippen MR) is 137 cm³/mol. The van der Waals surface area contributed by atoms with E-state index in [0.29, 0.717) is 18.0 Å². The van der Waals surface area contributed by atoms with E-state index in [1.165, 1.54) is 11.6 Å². The van der Waals surface area contributed by atoms with E-state index in [1.807, 2.05) is 0 Å². The maximum atomic E-state index is 11.7. The number of carbonyl (C=O) groups is 1. The van der Waals surface area contributed by atoms with E-state index in [1.54, 1.807) is 24.3 Å². The number of amides is 1. The number of pyridine rings is 1. The molecule has 234 valence electrons. The fraction of sp³-hybridized carbons (Fsp3) is 0.435. The summed E-state index contributed by atoms with van der Waals surface area (Å²) in [7, 11) is -13.4. The number of aromatic nitrogens is 1. The van der Waals surface area contributed by atoms with E-state index in [9.17, 15) is 52.8 Å². The Kier molecular flexibility index (Phi) is 14.1. The summed E-state index contributed by atoms with van der Waals surface area (Å²) in [5.41, 5.74) is -9.97. The number of isocyanates is 1. The number of carbonyl (C=O) groups excluding carboxylic acids is 2. The molecule has 1 aromatic carbocycles. The average Bonchev–Trinajstić information content (AvgIpc) is 2.88. The van der Waals surface area contributed by atoms with Crippen LogP contribution in [0.15, 0.2) is 53.8 Å².